The number of nitrogens with one attached hydrogen (secondary N) is 1. The maximum absolute atomic E-state index is 13.0. The van der Waals surface area contributed by atoms with E-state index in [1.54, 1.807) is 12.1 Å². The average Bonchev–Trinajstić information content (AvgIpc) is 2.38. The molecule has 0 amide bonds. The van der Waals surface area contributed by atoms with Gasteiger partial charge < -0.3 is 5.43 Å². The number of hydrogen-bond acceptors (Lipinski definition) is 5. The number of nitrogens with two attached hydrogens (primary N) is 1. The molecule has 0 unspecified atom stereocenters. The third-order valence-corrected chi connectivity index (χ3v) is 2.15. The monoisotopic (exact) mass is 229 g/mol. The van der Waals surface area contributed by atoms with Gasteiger partial charge in [-0.15, -0.1) is 0 Å². The van der Waals surface area contributed by atoms with Crippen LogP contribution in [0.2, 0.25) is 0 Å². The number of anilines is 1. The van der Waals surface area contributed by atoms with Gasteiger partial charge in [-0.2, -0.15) is 5.26 Å². The molecule has 0 aromatic carbocycles. The van der Waals surface area contributed by atoms with Gasteiger partial charge in [0.15, 0.2) is 5.82 Å². The summed E-state index contributed by atoms with van der Waals surface area (Å²) < 4.78 is 13.0. The average molecular weight is 229 g/mol. The molecule has 0 saturated heterocycles. The summed E-state index contributed by atoms with van der Waals surface area (Å²) in [5.41, 5.74) is 3.65. The lowest BCUT2D eigenvalue weighted by Crippen LogP contribution is -2.10. The fourth-order valence-corrected chi connectivity index (χ4v) is 1.37. The summed E-state index contributed by atoms with van der Waals surface area (Å²) in [6, 6.07) is 6.41. The highest BCUT2D eigenvalue weighted by atomic mass is 19.1. The van der Waals surface area contributed by atoms with Gasteiger partial charge in [0.1, 0.15) is 11.9 Å². The highest BCUT2D eigenvalue weighted by molar-refractivity contribution is 5.63. The number of pyridine rings is 2. The minimum Gasteiger partial charge on any atom is -0.307 e. The maximum Gasteiger partial charge on any atom is 0.158 e. The fraction of sp³-hybridized carbons (Fsp3) is 0. The van der Waals surface area contributed by atoms with Gasteiger partial charge in [-0.1, -0.05) is 0 Å². The van der Waals surface area contributed by atoms with Crippen molar-refractivity contribution >= 4 is 5.82 Å². The van der Waals surface area contributed by atoms with Gasteiger partial charge in [-0.05, 0) is 18.2 Å². The van der Waals surface area contributed by atoms with Crippen LogP contribution < -0.4 is 11.3 Å². The zero-order chi connectivity index (χ0) is 12.3. The smallest absolute Gasteiger partial charge is 0.158 e. The molecule has 0 radical (unpaired) electrons. The zero-order valence-corrected chi connectivity index (χ0v) is 8.68. The minimum absolute atomic E-state index is 0.245. The lowest BCUT2D eigenvalue weighted by Gasteiger charge is -2.05. The zero-order valence-electron chi connectivity index (χ0n) is 8.68. The molecular weight excluding hydrogens is 221 g/mol. The number of hydrazine groups is 1. The topological polar surface area (TPSA) is 87.6 Å². The number of nitrogen functional groups attached to an aromatic ring is 1. The quantitative estimate of drug-likeness (QED) is 0.601. The van der Waals surface area contributed by atoms with E-state index in [2.05, 4.69) is 15.4 Å². The number of nitrogens with zero attached hydrogens (tertiary/aromatic N) is 3. The molecule has 0 fully saturated rings. The summed E-state index contributed by atoms with van der Waals surface area (Å²) in [6.45, 7) is 0. The number of hydrogen-bond donors (Lipinski definition) is 2. The van der Waals surface area contributed by atoms with Crippen LogP contribution in [0, 0.1) is 17.1 Å². The molecule has 0 bridgehead atoms. The van der Waals surface area contributed by atoms with Crippen LogP contribution in [0.15, 0.2) is 30.6 Å². The molecule has 2 aromatic rings. The molecule has 0 saturated carbocycles. The van der Waals surface area contributed by atoms with Gasteiger partial charge in [0.2, 0.25) is 0 Å². The van der Waals surface area contributed by atoms with E-state index in [0.29, 0.717) is 16.8 Å². The summed E-state index contributed by atoms with van der Waals surface area (Å²) in [7, 11) is 0. The number of rotatable bonds is 2. The highest BCUT2D eigenvalue weighted by Gasteiger charge is 2.06. The van der Waals surface area contributed by atoms with Crippen LogP contribution in [-0.2, 0) is 0 Å². The second kappa shape index (κ2) is 4.55. The van der Waals surface area contributed by atoms with Crippen LogP contribution in [-0.4, -0.2) is 9.97 Å². The molecule has 2 aromatic heterocycles. The van der Waals surface area contributed by atoms with Gasteiger partial charge in [-0.3, -0.25) is 4.98 Å². The van der Waals surface area contributed by atoms with Gasteiger partial charge in [0.25, 0.3) is 0 Å². The molecule has 0 atom stereocenters. The Bertz CT molecular complexity index is 591. The van der Waals surface area contributed by atoms with Crippen molar-refractivity contribution in [3.8, 4) is 17.3 Å². The van der Waals surface area contributed by atoms with Crippen LogP contribution in [0.25, 0.3) is 11.3 Å². The number of halogens is 1. The summed E-state index contributed by atoms with van der Waals surface area (Å²) in [5, 5.41) is 8.80. The minimum atomic E-state index is -0.448. The molecule has 6 heteroatoms. The lowest BCUT2D eigenvalue weighted by atomic mass is 10.1. The normalized spacial score (nSPS) is 9.71. The van der Waals surface area contributed by atoms with Crippen molar-refractivity contribution in [2.24, 2.45) is 5.84 Å². The van der Waals surface area contributed by atoms with E-state index in [0.717, 1.165) is 6.20 Å². The predicted octanol–water partition coefficient (Wildman–Crippen LogP) is 1.44. The third kappa shape index (κ3) is 2.19. The van der Waals surface area contributed by atoms with Crippen molar-refractivity contribution in [3.05, 3.63) is 42.0 Å². The van der Waals surface area contributed by atoms with Gasteiger partial charge in [-0.25, -0.2) is 15.2 Å². The van der Waals surface area contributed by atoms with E-state index in [1.807, 2.05) is 6.07 Å². The summed E-state index contributed by atoms with van der Waals surface area (Å²) >= 11 is 0. The predicted molar refractivity (Wildman–Crippen MR) is 60.0 cm³/mol. The molecule has 84 valence electrons. The Labute approximate surface area is 96.7 Å². The summed E-state index contributed by atoms with van der Waals surface area (Å²) in [5.74, 6) is 5.05. The second-order valence-corrected chi connectivity index (χ2v) is 3.24. The summed E-state index contributed by atoms with van der Waals surface area (Å²) in [4.78, 5) is 7.84. The fourth-order valence-electron chi connectivity index (χ4n) is 1.37. The van der Waals surface area contributed by atoms with Crippen molar-refractivity contribution in [1.82, 2.24) is 9.97 Å². The molecule has 17 heavy (non-hydrogen) atoms. The van der Waals surface area contributed by atoms with Crippen molar-refractivity contribution in [2.45, 2.75) is 0 Å². The van der Waals surface area contributed by atoms with Crippen LogP contribution in [0.1, 0.15) is 5.56 Å². The second-order valence-electron chi connectivity index (χ2n) is 3.24. The molecule has 0 aliphatic rings. The first-order valence-corrected chi connectivity index (χ1v) is 4.73. The maximum atomic E-state index is 13.0. The SMILES string of the molecule is N#Cc1ccc(-c2cncc(F)c2)nc1NN. The van der Waals surface area contributed by atoms with Crippen LogP contribution in [0.3, 0.4) is 0 Å². The standard InChI is InChI=1S/C11H8FN5/c12-9-3-8(5-15-6-9)10-2-1-7(4-13)11(16-10)17-14/h1-3,5-6H,14H2,(H,16,17). The number of aromatic nitrogens is 2. The molecule has 0 aliphatic carbocycles. The van der Waals surface area contributed by atoms with E-state index >= 15 is 0 Å². The van der Waals surface area contributed by atoms with E-state index in [1.165, 1.54) is 12.3 Å². The van der Waals surface area contributed by atoms with Gasteiger partial charge >= 0.3 is 0 Å². The van der Waals surface area contributed by atoms with Crippen LogP contribution in [0.5, 0.6) is 0 Å². The van der Waals surface area contributed by atoms with Crippen LogP contribution in [0.4, 0.5) is 10.2 Å². The van der Waals surface area contributed by atoms with Crippen LogP contribution >= 0.6 is 0 Å². The molecule has 2 rings (SSSR count). The molecule has 2 heterocycles. The Morgan fingerprint density at radius 2 is 2.18 bits per heavy atom. The van der Waals surface area contributed by atoms with Crippen molar-refractivity contribution < 1.29 is 4.39 Å². The van der Waals surface area contributed by atoms with E-state index in [-0.39, 0.29) is 5.82 Å². The molecule has 0 aliphatic heterocycles. The van der Waals surface area contributed by atoms with Gasteiger partial charge in [0.05, 0.1) is 17.5 Å². The Hall–Kier alpha value is -2.52. The largest absolute Gasteiger partial charge is 0.307 e. The summed E-state index contributed by atoms with van der Waals surface area (Å²) in [6.07, 6.45) is 2.59. The Kier molecular flexibility index (Phi) is 2.94. The Morgan fingerprint density at radius 1 is 1.35 bits per heavy atom. The van der Waals surface area contributed by atoms with E-state index < -0.39 is 5.82 Å². The first kappa shape index (κ1) is 11.0. The van der Waals surface area contributed by atoms with Crippen molar-refractivity contribution in [1.29, 1.82) is 5.26 Å². The number of nitriles is 1. The first-order valence-electron chi connectivity index (χ1n) is 4.73. The van der Waals surface area contributed by atoms with E-state index in [9.17, 15) is 4.39 Å². The van der Waals surface area contributed by atoms with Crippen molar-refractivity contribution in [3.63, 3.8) is 0 Å². The molecular formula is C11H8FN5. The highest BCUT2D eigenvalue weighted by Crippen LogP contribution is 2.20. The molecule has 5 nitrogen and oxygen atoms in total. The Morgan fingerprint density at radius 3 is 2.82 bits per heavy atom. The molecule has 0 spiro atoms. The lowest BCUT2D eigenvalue weighted by molar-refractivity contribution is 0.622. The Balaban J connectivity index is 2.51. The van der Waals surface area contributed by atoms with E-state index in [4.69, 9.17) is 11.1 Å². The first-order chi connectivity index (χ1) is 8.24. The van der Waals surface area contributed by atoms with Crippen molar-refractivity contribution in [2.75, 3.05) is 5.43 Å². The third-order valence-electron chi connectivity index (χ3n) is 2.15. The molecule has 3 N–H and O–H groups in total. The van der Waals surface area contributed by atoms with Gasteiger partial charge in [0, 0.05) is 11.8 Å².